The van der Waals surface area contributed by atoms with E-state index in [0.717, 1.165) is 38.6 Å². The number of hydrogen-bond acceptors (Lipinski definition) is 4. The summed E-state index contributed by atoms with van der Waals surface area (Å²) in [4.78, 5) is 9.41. The predicted molar refractivity (Wildman–Crippen MR) is 130 cm³/mol. The Hall–Kier alpha value is -0.120. The summed E-state index contributed by atoms with van der Waals surface area (Å²) in [5.41, 5.74) is 0.181. The average molecular weight is 510 g/mol. The number of rotatable bonds is 6. The van der Waals surface area contributed by atoms with Gasteiger partial charge in [-0.05, 0) is 31.2 Å². The van der Waals surface area contributed by atoms with E-state index < -0.39 is 0 Å². The van der Waals surface area contributed by atoms with E-state index in [-0.39, 0.29) is 29.4 Å². The van der Waals surface area contributed by atoms with Crippen LogP contribution in [0, 0.1) is 17.3 Å². The zero-order valence-electron chi connectivity index (χ0n) is 19.0. The maximum atomic E-state index is 6.10. The van der Waals surface area contributed by atoms with Crippen LogP contribution in [0.5, 0.6) is 0 Å². The quantitative estimate of drug-likeness (QED) is 0.328. The Morgan fingerprint density at radius 2 is 1.86 bits per heavy atom. The molecular weight excluding hydrogens is 465 g/mol. The number of aliphatic imine (C=N–C) groups is 1. The summed E-state index contributed by atoms with van der Waals surface area (Å²) < 4.78 is 6.10. The van der Waals surface area contributed by atoms with E-state index in [9.17, 15) is 0 Å². The minimum absolute atomic E-state index is 0. The predicted octanol–water partition coefficient (Wildman–Crippen LogP) is 2.49. The van der Waals surface area contributed by atoms with Gasteiger partial charge in [-0.25, -0.2) is 0 Å². The van der Waals surface area contributed by atoms with Gasteiger partial charge in [-0.1, -0.05) is 27.7 Å². The molecule has 2 N–H and O–H groups in total. The van der Waals surface area contributed by atoms with Crippen molar-refractivity contribution in [3.63, 3.8) is 0 Å². The van der Waals surface area contributed by atoms with Crippen LogP contribution in [0.25, 0.3) is 0 Å². The van der Waals surface area contributed by atoms with Crippen LogP contribution >= 0.6 is 24.0 Å². The van der Waals surface area contributed by atoms with Gasteiger partial charge in [-0.3, -0.25) is 4.99 Å². The van der Waals surface area contributed by atoms with E-state index in [1.165, 1.54) is 32.6 Å². The topological polar surface area (TPSA) is 52.1 Å². The molecule has 6 nitrogen and oxygen atoms in total. The number of guanidine groups is 1. The minimum Gasteiger partial charge on any atom is -0.377 e. The first-order valence-corrected chi connectivity index (χ1v) is 10.8. The number of likely N-dealkylation sites (N-methyl/N-ethyl adjacent to an activating group) is 1. The maximum Gasteiger partial charge on any atom is 0.190 e. The van der Waals surface area contributed by atoms with Crippen LogP contribution in [0.15, 0.2) is 4.99 Å². The molecule has 0 bridgehead atoms. The second-order valence-corrected chi connectivity index (χ2v) is 9.60. The number of hydrogen-bond donors (Lipinski definition) is 2. The van der Waals surface area contributed by atoms with Gasteiger partial charge < -0.3 is 25.2 Å². The lowest BCUT2D eigenvalue weighted by atomic mass is 9.78. The summed E-state index contributed by atoms with van der Waals surface area (Å²) in [5.74, 6) is 2.06. The number of ether oxygens (including phenoxy) is 1. The second kappa shape index (κ2) is 12.5. The highest BCUT2D eigenvalue weighted by Crippen LogP contribution is 2.33. The summed E-state index contributed by atoms with van der Waals surface area (Å²) in [5, 5.41) is 7.07. The molecule has 0 saturated carbocycles. The van der Waals surface area contributed by atoms with Crippen LogP contribution in [0.4, 0.5) is 0 Å². The SMILES string of the molecule is CN=C(NCC(C)CN1CCN(C)CC1)NCC1CCCOC1C(C)(C)C.I. The van der Waals surface area contributed by atoms with Crippen LogP contribution in [0.1, 0.15) is 40.5 Å². The summed E-state index contributed by atoms with van der Waals surface area (Å²) in [6, 6.07) is 0. The van der Waals surface area contributed by atoms with Gasteiger partial charge in [-0.2, -0.15) is 0 Å². The van der Waals surface area contributed by atoms with Crippen molar-refractivity contribution < 1.29 is 4.74 Å². The number of nitrogens with one attached hydrogen (secondary N) is 2. The van der Waals surface area contributed by atoms with Gasteiger partial charge in [0.25, 0.3) is 0 Å². The fraction of sp³-hybridized carbons (Fsp3) is 0.952. The summed E-state index contributed by atoms with van der Waals surface area (Å²) in [6.07, 6.45) is 2.70. The zero-order chi connectivity index (χ0) is 19.9. The zero-order valence-corrected chi connectivity index (χ0v) is 21.3. The standard InChI is InChI=1S/C21H43N5O.HI/c1-17(16-26-11-9-25(6)10-12-26)14-23-20(22-5)24-15-18-8-7-13-27-19(18)21(2,3)4;/h17-19H,7-16H2,1-6H3,(H2,22,23,24);1H. The maximum absolute atomic E-state index is 6.10. The Kier molecular flexibility index (Phi) is 11.6. The van der Waals surface area contributed by atoms with Crippen molar-refractivity contribution in [2.24, 2.45) is 22.2 Å². The van der Waals surface area contributed by atoms with Gasteiger partial charge in [-0.15, -0.1) is 24.0 Å². The van der Waals surface area contributed by atoms with Gasteiger partial charge in [0.2, 0.25) is 0 Å². The molecule has 0 spiro atoms. The Morgan fingerprint density at radius 1 is 1.18 bits per heavy atom. The van der Waals surface area contributed by atoms with Crippen molar-refractivity contribution in [2.75, 3.05) is 66.5 Å². The molecule has 2 aliphatic heterocycles. The van der Waals surface area contributed by atoms with E-state index in [0.29, 0.717) is 17.9 Å². The number of halogens is 1. The highest BCUT2D eigenvalue weighted by Gasteiger charge is 2.35. The lowest BCUT2D eigenvalue weighted by Gasteiger charge is -2.40. The summed E-state index contributed by atoms with van der Waals surface area (Å²) in [6.45, 7) is 17.8. The molecule has 3 atom stereocenters. The van der Waals surface area contributed by atoms with Gasteiger partial charge in [0.1, 0.15) is 0 Å². The Morgan fingerprint density at radius 3 is 2.46 bits per heavy atom. The smallest absolute Gasteiger partial charge is 0.190 e. The fourth-order valence-corrected chi connectivity index (χ4v) is 4.26. The minimum atomic E-state index is 0. The Bertz CT molecular complexity index is 460. The largest absolute Gasteiger partial charge is 0.377 e. The first-order chi connectivity index (χ1) is 12.8. The molecule has 0 radical (unpaired) electrons. The lowest BCUT2D eigenvalue weighted by molar-refractivity contribution is -0.0835. The van der Waals surface area contributed by atoms with E-state index in [2.05, 4.69) is 60.2 Å². The average Bonchev–Trinajstić information content (AvgIpc) is 2.63. The third-order valence-electron chi connectivity index (χ3n) is 5.84. The molecule has 28 heavy (non-hydrogen) atoms. The summed E-state index contributed by atoms with van der Waals surface area (Å²) >= 11 is 0. The first kappa shape index (κ1) is 25.9. The molecule has 2 heterocycles. The van der Waals surface area contributed by atoms with Gasteiger partial charge in [0.05, 0.1) is 6.10 Å². The van der Waals surface area contributed by atoms with Crippen molar-refractivity contribution in [3.05, 3.63) is 0 Å². The molecule has 2 rings (SSSR count). The van der Waals surface area contributed by atoms with Crippen molar-refractivity contribution in [1.29, 1.82) is 0 Å². The monoisotopic (exact) mass is 509 g/mol. The van der Waals surface area contributed by atoms with Crippen LogP contribution in [0.2, 0.25) is 0 Å². The molecule has 0 aromatic carbocycles. The van der Waals surface area contributed by atoms with Crippen LogP contribution in [-0.4, -0.2) is 88.4 Å². The molecule has 3 unspecified atom stereocenters. The lowest BCUT2D eigenvalue weighted by Crippen LogP contribution is -2.49. The number of nitrogens with zero attached hydrogens (tertiary/aromatic N) is 3. The summed E-state index contributed by atoms with van der Waals surface area (Å²) in [7, 11) is 4.07. The van der Waals surface area contributed by atoms with E-state index in [1.807, 2.05) is 7.05 Å². The molecule has 0 aromatic heterocycles. The van der Waals surface area contributed by atoms with Crippen LogP contribution in [-0.2, 0) is 4.74 Å². The molecule has 7 heteroatoms. The highest BCUT2D eigenvalue weighted by atomic mass is 127. The number of piperazine rings is 1. The van der Waals surface area contributed by atoms with Gasteiger partial charge in [0, 0.05) is 65.4 Å². The third-order valence-corrected chi connectivity index (χ3v) is 5.84. The molecule has 0 aromatic rings. The van der Waals surface area contributed by atoms with Crippen LogP contribution in [0.3, 0.4) is 0 Å². The molecule has 2 fully saturated rings. The van der Waals surface area contributed by atoms with Crippen molar-refractivity contribution >= 4 is 29.9 Å². The molecule has 0 amide bonds. The molecule has 166 valence electrons. The van der Waals surface area contributed by atoms with E-state index >= 15 is 0 Å². The van der Waals surface area contributed by atoms with Crippen molar-refractivity contribution in [2.45, 2.75) is 46.6 Å². The van der Waals surface area contributed by atoms with E-state index in [4.69, 9.17) is 4.74 Å². The molecular formula is C21H44IN5O. The van der Waals surface area contributed by atoms with Crippen molar-refractivity contribution in [1.82, 2.24) is 20.4 Å². The molecule has 2 aliphatic rings. The van der Waals surface area contributed by atoms with Crippen molar-refractivity contribution in [3.8, 4) is 0 Å². The van der Waals surface area contributed by atoms with Gasteiger partial charge in [0.15, 0.2) is 5.96 Å². The van der Waals surface area contributed by atoms with Crippen LogP contribution < -0.4 is 10.6 Å². The molecule has 2 saturated heterocycles. The fourth-order valence-electron chi connectivity index (χ4n) is 4.26. The van der Waals surface area contributed by atoms with Gasteiger partial charge >= 0.3 is 0 Å². The third kappa shape index (κ3) is 8.71. The normalized spacial score (nSPS) is 26.4. The molecule has 0 aliphatic carbocycles. The Labute approximate surface area is 190 Å². The Balaban J connectivity index is 0.00000392. The first-order valence-electron chi connectivity index (χ1n) is 10.8. The highest BCUT2D eigenvalue weighted by molar-refractivity contribution is 14.0. The second-order valence-electron chi connectivity index (χ2n) is 9.60. The van der Waals surface area contributed by atoms with E-state index in [1.54, 1.807) is 0 Å².